The number of nitrogens with one attached hydrogen (secondary N) is 2. The van der Waals surface area contributed by atoms with Crippen LogP contribution in [0, 0.1) is 52.3 Å². The van der Waals surface area contributed by atoms with Crippen molar-refractivity contribution >= 4 is 0 Å². The first-order chi connectivity index (χ1) is 16.8. The molecule has 35 heavy (non-hydrogen) atoms. The summed E-state index contributed by atoms with van der Waals surface area (Å²) in [5, 5.41) is 7.83. The van der Waals surface area contributed by atoms with Crippen molar-refractivity contribution in [2.75, 3.05) is 19.6 Å². The van der Waals surface area contributed by atoms with Gasteiger partial charge in [0, 0.05) is 18.5 Å². The molecule has 4 saturated carbocycles. The molecule has 0 aromatic carbocycles. The molecule has 4 N–H and O–H groups in total. The van der Waals surface area contributed by atoms with Gasteiger partial charge in [-0.15, -0.1) is 0 Å². The second-order valence-corrected chi connectivity index (χ2v) is 14.7. The summed E-state index contributed by atoms with van der Waals surface area (Å²) in [5.74, 6) is 5.93. The minimum absolute atomic E-state index is 0.0220. The molecule has 4 heteroatoms. The molecule has 2 aliphatic heterocycles. The van der Waals surface area contributed by atoms with E-state index < -0.39 is 0 Å². The number of fused-ring (bicyclic) bond motifs is 7. The molecular weight excluding hydrogens is 430 g/mol. The predicted molar refractivity (Wildman–Crippen MR) is 144 cm³/mol. The monoisotopic (exact) mass is 485 g/mol. The fourth-order valence-electron chi connectivity index (χ4n) is 11.2. The van der Waals surface area contributed by atoms with Crippen LogP contribution in [0.25, 0.3) is 0 Å². The molecule has 0 amide bonds. The first-order valence-corrected chi connectivity index (χ1v) is 15.7. The van der Waals surface area contributed by atoms with Gasteiger partial charge >= 0.3 is 0 Å². The SMILES string of the molecule is C[C@H]1CC[C@]2(NC1)O[C@H]1C[C@H]3[C@@H]4CC[C@H]5CC(NCCCCN)CC[C@]5(C)[C@H]4CC[C@]3(C)[C@H]1[C@@H]2C. The Morgan fingerprint density at radius 2 is 1.74 bits per heavy atom. The summed E-state index contributed by atoms with van der Waals surface area (Å²) in [6.07, 6.45) is 16.9. The average molecular weight is 486 g/mol. The lowest BCUT2D eigenvalue weighted by Gasteiger charge is -2.61. The molecule has 12 atom stereocenters. The summed E-state index contributed by atoms with van der Waals surface area (Å²) in [6.45, 7) is 13.5. The highest BCUT2D eigenvalue weighted by molar-refractivity contribution is 5.16. The van der Waals surface area contributed by atoms with Crippen molar-refractivity contribution in [3.05, 3.63) is 0 Å². The molecule has 200 valence electrons. The van der Waals surface area contributed by atoms with Crippen LogP contribution in [-0.4, -0.2) is 37.5 Å². The number of piperidine rings is 1. The molecule has 2 saturated heterocycles. The van der Waals surface area contributed by atoms with E-state index in [1.165, 1.54) is 70.6 Å². The molecule has 2 heterocycles. The number of ether oxygens (including phenoxy) is 1. The summed E-state index contributed by atoms with van der Waals surface area (Å²) in [7, 11) is 0. The van der Waals surface area contributed by atoms with Crippen LogP contribution in [-0.2, 0) is 4.74 Å². The Kier molecular flexibility index (Phi) is 6.64. The van der Waals surface area contributed by atoms with Crippen molar-refractivity contribution in [1.29, 1.82) is 0 Å². The van der Waals surface area contributed by atoms with E-state index in [2.05, 4.69) is 38.3 Å². The quantitative estimate of drug-likeness (QED) is 0.437. The second-order valence-electron chi connectivity index (χ2n) is 14.7. The summed E-state index contributed by atoms with van der Waals surface area (Å²) in [6, 6.07) is 0.748. The molecule has 6 rings (SSSR count). The summed E-state index contributed by atoms with van der Waals surface area (Å²) in [4.78, 5) is 0. The van der Waals surface area contributed by atoms with Crippen LogP contribution in [0.3, 0.4) is 0 Å². The summed E-state index contributed by atoms with van der Waals surface area (Å²) >= 11 is 0. The fraction of sp³-hybridized carbons (Fsp3) is 1.00. The second kappa shape index (κ2) is 9.24. The van der Waals surface area contributed by atoms with E-state index in [1.807, 2.05) is 0 Å². The van der Waals surface area contributed by atoms with Gasteiger partial charge in [0.05, 0.1) is 6.10 Å². The van der Waals surface area contributed by atoms with Crippen LogP contribution >= 0.6 is 0 Å². The highest BCUT2D eigenvalue weighted by Gasteiger charge is 2.68. The lowest BCUT2D eigenvalue weighted by atomic mass is 9.44. The van der Waals surface area contributed by atoms with Gasteiger partial charge in [0.2, 0.25) is 0 Å². The molecule has 0 aromatic heterocycles. The van der Waals surface area contributed by atoms with E-state index in [0.29, 0.717) is 22.9 Å². The van der Waals surface area contributed by atoms with Crippen molar-refractivity contribution in [3.63, 3.8) is 0 Å². The van der Waals surface area contributed by atoms with Crippen molar-refractivity contribution in [2.24, 2.45) is 58.0 Å². The molecule has 6 fully saturated rings. The van der Waals surface area contributed by atoms with Gasteiger partial charge in [-0.3, -0.25) is 5.32 Å². The third kappa shape index (κ3) is 3.90. The minimum Gasteiger partial charge on any atom is -0.357 e. The van der Waals surface area contributed by atoms with Crippen molar-refractivity contribution in [1.82, 2.24) is 10.6 Å². The van der Waals surface area contributed by atoms with Gasteiger partial charge in [-0.25, -0.2) is 0 Å². The third-order valence-electron chi connectivity index (χ3n) is 13.2. The molecule has 0 bridgehead atoms. The van der Waals surface area contributed by atoms with Gasteiger partial charge in [0.1, 0.15) is 5.72 Å². The standard InChI is InChI=1S/C31H55N3O/c1-20-9-14-31(34-19-20)21(2)28-27(35-31)18-26-24-8-7-22-17-23(33-16-6-5-15-32)10-12-29(22,3)25(24)11-13-30(26,28)4/h20-28,33-34H,5-19,32H2,1-4H3/t20-,21-,22-,23?,24+,25-,26-,27-,28-,29-,30-,31-/m0/s1. The maximum atomic E-state index is 7.08. The van der Waals surface area contributed by atoms with Crippen molar-refractivity contribution in [2.45, 2.75) is 123 Å². The first-order valence-electron chi connectivity index (χ1n) is 15.7. The molecule has 0 aromatic rings. The largest absolute Gasteiger partial charge is 0.357 e. The van der Waals surface area contributed by atoms with E-state index in [1.54, 1.807) is 0 Å². The Labute approximate surface area is 215 Å². The first kappa shape index (κ1) is 25.1. The maximum absolute atomic E-state index is 7.08. The van der Waals surface area contributed by atoms with Crippen LogP contribution in [0.4, 0.5) is 0 Å². The Morgan fingerprint density at radius 1 is 0.914 bits per heavy atom. The normalized spacial score (nSPS) is 55.3. The smallest absolute Gasteiger partial charge is 0.122 e. The van der Waals surface area contributed by atoms with E-state index in [4.69, 9.17) is 10.5 Å². The lowest BCUT2D eigenvalue weighted by molar-refractivity contribution is -0.134. The molecule has 0 radical (unpaired) electrons. The molecule has 4 aliphatic carbocycles. The highest BCUT2D eigenvalue weighted by Crippen LogP contribution is 2.71. The molecule has 4 nitrogen and oxygen atoms in total. The number of hydrogen-bond acceptors (Lipinski definition) is 4. The van der Waals surface area contributed by atoms with Crippen LogP contribution in [0.15, 0.2) is 0 Å². The number of hydrogen-bond donors (Lipinski definition) is 3. The molecule has 1 spiro atoms. The van der Waals surface area contributed by atoms with E-state index in [9.17, 15) is 0 Å². The van der Waals surface area contributed by atoms with Crippen molar-refractivity contribution < 1.29 is 4.74 Å². The van der Waals surface area contributed by atoms with Gasteiger partial charge in [-0.2, -0.15) is 0 Å². The van der Waals surface area contributed by atoms with Gasteiger partial charge in [0.25, 0.3) is 0 Å². The number of unbranched alkanes of at least 4 members (excludes halogenated alkanes) is 1. The number of nitrogens with two attached hydrogens (primary N) is 1. The zero-order valence-corrected chi connectivity index (χ0v) is 23.3. The van der Waals surface area contributed by atoms with E-state index in [0.717, 1.165) is 67.6 Å². The minimum atomic E-state index is -0.0220. The van der Waals surface area contributed by atoms with Gasteiger partial charge in [-0.1, -0.05) is 27.7 Å². The van der Waals surface area contributed by atoms with Gasteiger partial charge in [-0.05, 0) is 136 Å². The lowest BCUT2D eigenvalue weighted by Crippen LogP contribution is -2.58. The van der Waals surface area contributed by atoms with Crippen LogP contribution in [0.2, 0.25) is 0 Å². The Bertz CT molecular complexity index is 764. The zero-order valence-electron chi connectivity index (χ0n) is 23.3. The van der Waals surface area contributed by atoms with Crippen LogP contribution < -0.4 is 16.4 Å². The predicted octanol–water partition coefficient (Wildman–Crippen LogP) is 5.70. The molecule has 1 unspecified atom stereocenters. The van der Waals surface area contributed by atoms with E-state index in [-0.39, 0.29) is 5.72 Å². The summed E-state index contributed by atoms with van der Waals surface area (Å²) < 4.78 is 7.08. The molecular formula is C31H55N3O. The third-order valence-corrected chi connectivity index (χ3v) is 13.2. The highest BCUT2D eigenvalue weighted by atomic mass is 16.5. The van der Waals surface area contributed by atoms with E-state index >= 15 is 0 Å². The van der Waals surface area contributed by atoms with Gasteiger partial charge in [0.15, 0.2) is 0 Å². The van der Waals surface area contributed by atoms with Crippen LogP contribution in [0.1, 0.15) is 105 Å². The average Bonchev–Trinajstić information content (AvgIpc) is 3.29. The summed E-state index contributed by atoms with van der Waals surface area (Å²) in [5.41, 5.74) is 6.74. The Morgan fingerprint density at radius 3 is 2.51 bits per heavy atom. The Hall–Kier alpha value is -0.160. The zero-order chi connectivity index (χ0) is 24.4. The molecule has 6 aliphatic rings. The maximum Gasteiger partial charge on any atom is 0.122 e. The van der Waals surface area contributed by atoms with Gasteiger partial charge < -0.3 is 15.8 Å². The number of rotatable bonds is 5. The van der Waals surface area contributed by atoms with Crippen LogP contribution in [0.5, 0.6) is 0 Å². The van der Waals surface area contributed by atoms with Crippen molar-refractivity contribution in [3.8, 4) is 0 Å². The Balaban J connectivity index is 1.14. The topological polar surface area (TPSA) is 59.3 Å². The fourth-order valence-corrected chi connectivity index (χ4v) is 11.2.